The van der Waals surface area contributed by atoms with E-state index in [1.165, 1.54) is 48.3 Å². The summed E-state index contributed by atoms with van der Waals surface area (Å²) in [5, 5.41) is 0. The summed E-state index contributed by atoms with van der Waals surface area (Å²) < 4.78 is 0. The molecule has 23 heavy (non-hydrogen) atoms. The zero-order valence-corrected chi connectivity index (χ0v) is 13.7. The summed E-state index contributed by atoms with van der Waals surface area (Å²) in [5.41, 5.74) is 5.73. The Morgan fingerprint density at radius 1 is 0.870 bits per heavy atom. The van der Waals surface area contributed by atoms with Gasteiger partial charge in [-0.05, 0) is 55.1 Å². The smallest absolute Gasteiger partial charge is 0.0579 e. The van der Waals surface area contributed by atoms with Gasteiger partial charge in [-0.1, -0.05) is 30.3 Å². The van der Waals surface area contributed by atoms with Crippen LogP contribution in [0.2, 0.25) is 0 Å². The molecule has 0 bridgehead atoms. The molecule has 0 atom stereocenters. The molecule has 0 N–H and O–H groups in total. The van der Waals surface area contributed by atoms with E-state index >= 15 is 0 Å². The van der Waals surface area contributed by atoms with E-state index in [-0.39, 0.29) is 0 Å². The van der Waals surface area contributed by atoms with Crippen molar-refractivity contribution in [3.63, 3.8) is 0 Å². The van der Waals surface area contributed by atoms with Crippen LogP contribution < -0.4 is 0 Å². The number of rotatable bonds is 4. The van der Waals surface area contributed by atoms with Gasteiger partial charge in [0.1, 0.15) is 0 Å². The molecule has 3 heteroatoms. The van der Waals surface area contributed by atoms with Gasteiger partial charge >= 0.3 is 0 Å². The highest BCUT2D eigenvalue weighted by Gasteiger charge is 2.21. The topological polar surface area (TPSA) is 19.4 Å². The SMILES string of the molecule is c1ccc(CN2CCc3c(ccnc3CN3CCCC3)C2)cc1. The molecule has 0 spiro atoms. The Morgan fingerprint density at radius 3 is 2.52 bits per heavy atom. The lowest BCUT2D eigenvalue weighted by molar-refractivity contribution is 0.243. The summed E-state index contributed by atoms with van der Waals surface area (Å²) >= 11 is 0. The van der Waals surface area contributed by atoms with E-state index in [1.807, 2.05) is 6.20 Å². The second-order valence-corrected chi connectivity index (χ2v) is 6.82. The van der Waals surface area contributed by atoms with Gasteiger partial charge in [0, 0.05) is 32.4 Å². The summed E-state index contributed by atoms with van der Waals surface area (Å²) in [6.45, 7) is 6.77. The summed E-state index contributed by atoms with van der Waals surface area (Å²) in [6, 6.07) is 13.0. The van der Waals surface area contributed by atoms with Crippen molar-refractivity contribution in [2.24, 2.45) is 0 Å². The van der Waals surface area contributed by atoms with Crippen molar-refractivity contribution in [2.75, 3.05) is 19.6 Å². The van der Waals surface area contributed by atoms with Gasteiger partial charge in [0.05, 0.1) is 5.69 Å². The maximum absolute atomic E-state index is 4.70. The zero-order chi connectivity index (χ0) is 15.5. The molecule has 120 valence electrons. The predicted octanol–water partition coefficient (Wildman–Crippen LogP) is 3.24. The van der Waals surface area contributed by atoms with Gasteiger partial charge in [0.25, 0.3) is 0 Å². The van der Waals surface area contributed by atoms with Crippen LogP contribution in [-0.4, -0.2) is 34.4 Å². The Morgan fingerprint density at radius 2 is 1.70 bits per heavy atom. The van der Waals surface area contributed by atoms with Crippen LogP contribution in [0.5, 0.6) is 0 Å². The fraction of sp³-hybridized carbons (Fsp3) is 0.450. The number of nitrogens with zero attached hydrogens (tertiary/aromatic N) is 3. The van der Waals surface area contributed by atoms with Crippen LogP contribution in [0.4, 0.5) is 0 Å². The Hall–Kier alpha value is -1.71. The second-order valence-electron chi connectivity index (χ2n) is 6.82. The molecular formula is C20H25N3. The number of fused-ring (bicyclic) bond motifs is 1. The van der Waals surface area contributed by atoms with Gasteiger partial charge in [-0.2, -0.15) is 0 Å². The van der Waals surface area contributed by atoms with Gasteiger partial charge in [-0.25, -0.2) is 0 Å². The molecule has 0 unspecified atom stereocenters. The maximum atomic E-state index is 4.70. The lowest BCUT2D eigenvalue weighted by atomic mass is 9.98. The Kier molecular flexibility index (Phi) is 4.40. The molecule has 4 rings (SSSR count). The predicted molar refractivity (Wildman–Crippen MR) is 93.0 cm³/mol. The minimum absolute atomic E-state index is 1.04. The highest BCUT2D eigenvalue weighted by Crippen LogP contribution is 2.24. The number of hydrogen-bond acceptors (Lipinski definition) is 3. The Bertz CT molecular complexity index is 647. The number of pyridine rings is 1. The van der Waals surface area contributed by atoms with Crippen LogP contribution in [0.1, 0.15) is 35.2 Å². The summed E-state index contributed by atoms with van der Waals surface area (Å²) in [5.74, 6) is 0. The quantitative estimate of drug-likeness (QED) is 0.864. The van der Waals surface area contributed by atoms with Crippen molar-refractivity contribution in [3.8, 4) is 0 Å². The first-order valence-corrected chi connectivity index (χ1v) is 8.83. The molecule has 3 nitrogen and oxygen atoms in total. The first-order chi connectivity index (χ1) is 11.4. The van der Waals surface area contributed by atoms with E-state index in [4.69, 9.17) is 4.98 Å². The molecular weight excluding hydrogens is 282 g/mol. The van der Waals surface area contributed by atoms with E-state index in [1.54, 1.807) is 0 Å². The highest BCUT2D eigenvalue weighted by molar-refractivity contribution is 5.32. The average molecular weight is 307 g/mol. The van der Waals surface area contributed by atoms with Crippen LogP contribution in [0.15, 0.2) is 42.6 Å². The molecule has 1 aromatic heterocycles. The third-order valence-corrected chi connectivity index (χ3v) is 5.14. The van der Waals surface area contributed by atoms with Gasteiger partial charge in [-0.15, -0.1) is 0 Å². The fourth-order valence-corrected chi connectivity index (χ4v) is 3.89. The number of likely N-dealkylation sites (tertiary alicyclic amines) is 1. The fourth-order valence-electron chi connectivity index (χ4n) is 3.89. The first-order valence-electron chi connectivity index (χ1n) is 8.83. The van der Waals surface area contributed by atoms with E-state index in [2.05, 4.69) is 46.2 Å². The third kappa shape index (κ3) is 3.46. The third-order valence-electron chi connectivity index (χ3n) is 5.14. The molecule has 2 aliphatic heterocycles. The van der Waals surface area contributed by atoms with Crippen molar-refractivity contribution in [3.05, 3.63) is 65.0 Å². The standard InChI is InChI=1S/C20H25N3/c1-2-6-17(7-3-1)14-23-13-9-19-18(15-23)8-10-21-20(19)16-22-11-4-5-12-22/h1-3,6-8,10H,4-5,9,11-16H2. The lowest BCUT2D eigenvalue weighted by Crippen LogP contribution is -2.31. The van der Waals surface area contributed by atoms with Crippen molar-refractivity contribution >= 4 is 0 Å². The van der Waals surface area contributed by atoms with E-state index in [0.29, 0.717) is 0 Å². The van der Waals surface area contributed by atoms with Crippen molar-refractivity contribution in [2.45, 2.75) is 38.9 Å². The monoisotopic (exact) mass is 307 g/mol. The maximum Gasteiger partial charge on any atom is 0.0579 e. The van der Waals surface area contributed by atoms with Crippen molar-refractivity contribution in [1.82, 2.24) is 14.8 Å². The molecule has 0 radical (unpaired) electrons. The van der Waals surface area contributed by atoms with E-state index in [9.17, 15) is 0 Å². The summed E-state index contributed by atoms with van der Waals surface area (Å²) in [7, 11) is 0. The Balaban J connectivity index is 1.47. The van der Waals surface area contributed by atoms with Crippen LogP contribution in [-0.2, 0) is 26.1 Å². The van der Waals surface area contributed by atoms with Gasteiger partial charge in [0.2, 0.25) is 0 Å². The second kappa shape index (κ2) is 6.81. The first kappa shape index (κ1) is 14.9. The number of aromatic nitrogens is 1. The van der Waals surface area contributed by atoms with Crippen molar-refractivity contribution < 1.29 is 0 Å². The molecule has 1 fully saturated rings. The average Bonchev–Trinajstić information content (AvgIpc) is 3.09. The minimum atomic E-state index is 1.04. The molecule has 0 aliphatic carbocycles. The van der Waals surface area contributed by atoms with E-state index in [0.717, 1.165) is 32.6 Å². The molecule has 2 aromatic rings. The minimum Gasteiger partial charge on any atom is -0.298 e. The normalized spacial score (nSPS) is 19.0. The molecule has 0 saturated carbocycles. The lowest BCUT2D eigenvalue weighted by Gasteiger charge is -2.30. The van der Waals surface area contributed by atoms with Crippen LogP contribution in [0.25, 0.3) is 0 Å². The Labute approximate surface area is 139 Å². The number of benzene rings is 1. The van der Waals surface area contributed by atoms with Crippen LogP contribution in [0, 0.1) is 0 Å². The molecule has 3 heterocycles. The highest BCUT2D eigenvalue weighted by atomic mass is 15.1. The summed E-state index contributed by atoms with van der Waals surface area (Å²) in [4.78, 5) is 9.81. The largest absolute Gasteiger partial charge is 0.298 e. The van der Waals surface area contributed by atoms with Crippen LogP contribution in [0.3, 0.4) is 0 Å². The van der Waals surface area contributed by atoms with Gasteiger partial charge < -0.3 is 0 Å². The van der Waals surface area contributed by atoms with Gasteiger partial charge in [0.15, 0.2) is 0 Å². The van der Waals surface area contributed by atoms with Crippen LogP contribution >= 0.6 is 0 Å². The molecule has 0 amide bonds. The number of hydrogen-bond donors (Lipinski definition) is 0. The van der Waals surface area contributed by atoms with E-state index < -0.39 is 0 Å². The molecule has 1 aromatic carbocycles. The molecule has 1 saturated heterocycles. The van der Waals surface area contributed by atoms with Crippen molar-refractivity contribution in [1.29, 1.82) is 0 Å². The summed E-state index contributed by atoms with van der Waals surface area (Å²) in [6.07, 6.45) is 5.84. The zero-order valence-electron chi connectivity index (χ0n) is 13.7. The van der Waals surface area contributed by atoms with Gasteiger partial charge in [-0.3, -0.25) is 14.8 Å². The molecule has 2 aliphatic rings.